The van der Waals surface area contributed by atoms with Gasteiger partial charge in [-0.25, -0.2) is 4.98 Å². The van der Waals surface area contributed by atoms with E-state index in [-0.39, 0.29) is 17.5 Å². The van der Waals surface area contributed by atoms with Crippen LogP contribution in [-0.4, -0.2) is 32.9 Å². The molecule has 0 spiro atoms. The fourth-order valence-electron chi connectivity index (χ4n) is 3.04. The van der Waals surface area contributed by atoms with Gasteiger partial charge in [-0.2, -0.15) is 0 Å². The molecular formula is C16H17N3O4S. The maximum absolute atomic E-state index is 12.7. The first-order chi connectivity index (χ1) is 11.4. The van der Waals surface area contributed by atoms with Crippen molar-refractivity contribution in [3.05, 3.63) is 49.5 Å². The summed E-state index contributed by atoms with van der Waals surface area (Å²) in [5, 5.41) is 21.5. The normalized spacial score (nSPS) is 16.5. The number of carbonyl (C=O) groups is 1. The summed E-state index contributed by atoms with van der Waals surface area (Å²) in [6, 6.07) is 3.63. The predicted molar refractivity (Wildman–Crippen MR) is 89.4 cm³/mol. The number of aryl methyl sites for hydroxylation is 2. The van der Waals surface area contributed by atoms with Crippen LogP contribution >= 0.6 is 11.3 Å². The molecule has 1 atom stereocenters. The smallest absolute Gasteiger partial charge is 0.310 e. The molecular weight excluding hydrogens is 330 g/mol. The molecule has 3 rings (SSSR count). The van der Waals surface area contributed by atoms with Crippen molar-refractivity contribution < 1.29 is 14.8 Å². The molecule has 0 fully saturated rings. The van der Waals surface area contributed by atoms with Gasteiger partial charge in [0.15, 0.2) is 5.75 Å². The van der Waals surface area contributed by atoms with Crippen LogP contribution in [0.5, 0.6) is 5.75 Å². The fourth-order valence-corrected chi connectivity index (χ4v) is 4.20. The molecule has 7 nitrogen and oxygen atoms in total. The lowest BCUT2D eigenvalue weighted by atomic mass is 9.96. The molecule has 24 heavy (non-hydrogen) atoms. The van der Waals surface area contributed by atoms with Gasteiger partial charge in [0.25, 0.3) is 5.91 Å². The molecule has 0 radical (unpaired) electrons. The highest BCUT2D eigenvalue weighted by Gasteiger charge is 2.30. The standard InChI is InChI=1S/C16H17N3O4S/c1-9-17-11-4-3-5-13(15(11)24-9)18(2)16(21)10-6-7-12(19(22)23)14(20)8-10/h6-8,13,20H,3-5H2,1-2H3. The number of hydrogen-bond acceptors (Lipinski definition) is 6. The van der Waals surface area contributed by atoms with Crippen molar-refractivity contribution in [2.75, 3.05) is 7.05 Å². The molecule has 0 aliphatic heterocycles. The lowest BCUT2D eigenvalue weighted by Gasteiger charge is -2.30. The van der Waals surface area contributed by atoms with Crippen molar-refractivity contribution in [3.8, 4) is 5.75 Å². The summed E-state index contributed by atoms with van der Waals surface area (Å²) in [7, 11) is 1.72. The number of aromatic nitrogens is 1. The van der Waals surface area contributed by atoms with E-state index in [2.05, 4.69) is 4.98 Å². The van der Waals surface area contributed by atoms with E-state index in [1.54, 1.807) is 23.3 Å². The topological polar surface area (TPSA) is 96.6 Å². The number of fused-ring (bicyclic) bond motifs is 1. The quantitative estimate of drug-likeness (QED) is 0.679. The van der Waals surface area contributed by atoms with Crippen LogP contribution in [0.25, 0.3) is 0 Å². The minimum atomic E-state index is -0.680. The van der Waals surface area contributed by atoms with Crippen LogP contribution in [0.3, 0.4) is 0 Å². The Hall–Kier alpha value is -2.48. The van der Waals surface area contributed by atoms with Gasteiger partial charge in [0.05, 0.1) is 26.5 Å². The van der Waals surface area contributed by atoms with Gasteiger partial charge >= 0.3 is 5.69 Å². The highest BCUT2D eigenvalue weighted by molar-refractivity contribution is 7.11. The van der Waals surface area contributed by atoms with E-state index in [1.807, 2.05) is 6.92 Å². The maximum atomic E-state index is 12.7. The van der Waals surface area contributed by atoms with Gasteiger partial charge in [0.1, 0.15) is 0 Å². The minimum absolute atomic E-state index is 0.0511. The van der Waals surface area contributed by atoms with Gasteiger partial charge in [-0.1, -0.05) is 0 Å². The zero-order chi connectivity index (χ0) is 17.4. The second-order valence-electron chi connectivity index (χ2n) is 5.83. The van der Waals surface area contributed by atoms with Crippen LogP contribution in [0, 0.1) is 17.0 Å². The molecule has 1 amide bonds. The Morgan fingerprint density at radius 1 is 1.50 bits per heavy atom. The minimum Gasteiger partial charge on any atom is -0.502 e. The Bertz CT molecular complexity index is 818. The van der Waals surface area contributed by atoms with Crippen molar-refractivity contribution in [2.24, 2.45) is 0 Å². The molecule has 126 valence electrons. The van der Waals surface area contributed by atoms with Gasteiger partial charge < -0.3 is 10.0 Å². The Balaban J connectivity index is 1.88. The van der Waals surface area contributed by atoms with E-state index in [9.17, 15) is 20.0 Å². The number of phenols is 1. The number of thiazole rings is 1. The summed E-state index contributed by atoms with van der Waals surface area (Å²) in [4.78, 5) is 30.1. The number of nitrogens with zero attached hydrogens (tertiary/aromatic N) is 3. The molecule has 1 aromatic heterocycles. The summed E-state index contributed by atoms with van der Waals surface area (Å²) in [5.41, 5.74) is 0.876. The third-order valence-electron chi connectivity index (χ3n) is 4.24. The first-order valence-electron chi connectivity index (χ1n) is 7.59. The highest BCUT2D eigenvalue weighted by Crippen LogP contribution is 2.38. The molecule has 1 unspecified atom stereocenters. The Labute approximate surface area is 142 Å². The van der Waals surface area contributed by atoms with E-state index in [4.69, 9.17) is 0 Å². The molecule has 0 saturated carbocycles. The highest BCUT2D eigenvalue weighted by atomic mass is 32.1. The van der Waals surface area contributed by atoms with Gasteiger partial charge in [-0.05, 0) is 38.3 Å². The molecule has 1 aliphatic carbocycles. The molecule has 0 bridgehead atoms. The first kappa shape index (κ1) is 16.4. The van der Waals surface area contributed by atoms with Gasteiger partial charge in [-0.15, -0.1) is 11.3 Å². The number of carbonyl (C=O) groups excluding carboxylic acids is 1. The van der Waals surface area contributed by atoms with Crippen molar-refractivity contribution in [1.82, 2.24) is 9.88 Å². The molecule has 0 saturated heterocycles. The summed E-state index contributed by atoms with van der Waals surface area (Å²) < 4.78 is 0. The lowest BCUT2D eigenvalue weighted by molar-refractivity contribution is -0.385. The SMILES string of the molecule is Cc1nc2c(s1)C(N(C)C(=O)c1ccc([N+](=O)[O-])c(O)c1)CCC2. The van der Waals surface area contributed by atoms with Gasteiger partial charge in [0, 0.05) is 18.7 Å². The number of benzene rings is 1. The van der Waals surface area contributed by atoms with Crippen LogP contribution in [0.2, 0.25) is 0 Å². The number of phenolic OH excluding ortho intramolecular Hbond substituents is 1. The fraction of sp³-hybridized carbons (Fsp3) is 0.375. The molecule has 1 aliphatic rings. The number of nitro groups is 1. The average Bonchev–Trinajstić information content (AvgIpc) is 2.93. The van der Waals surface area contributed by atoms with Crippen molar-refractivity contribution in [3.63, 3.8) is 0 Å². The number of nitro benzene ring substituents is 1. The summed E-state index contributed by atoms with van der Waals surface area (Å²) in [6.45, 7) is 1.95. The molecule has 1 aromatic carbocycles. The van der Waals surface area contributed by atoms with Gasteiger partial charge in [-0.3, -0.25) is 14.9 Å². The van der Waals surface area contributed by atoms with Gasteiger partial charge in [0.2, 0.25) is 0 Å². The van der Waals surface area contributed by atoms with Crippen LogP contribution in [0.4, 0.5) is 5.69 Å². The number of amides is 1. The van der Waals surface area contributed by atoms with E-state index >= 15 is 0 Å². The monoisotopic (exact) mass is 347 g/mol. The summed E-state index contributed by atoms with van der Waals surface area (Å²) >= 11 is 1.61. The van der Waals surface area contributed by atoms with E-state index < -0.39 is 16.4 Å². The Kier molecular flexibility index (Phi) is 4.23. The van der Waals surface area contributed by atoms with Crippen molar-refractivity contribution >= 4 is 22.9 Å². The van der Waals surface area contributed by atoms with Crippen LogP contribution in [0.1, 0.15) is 44.8 Å². The van der Waals surface area contributed by atoms with Crippen LogP contribution < -0.4 is 0 Å². The zero-order valence-electron chi connectivity index (χ0n) is 13.4. The summed E-state index contributed by atoms with van der Waals surface area (Å²) in [6.07, 6.45) is 2.75. The Morgan fingerprint density at radius 3 is 2.92 bits per heavy atom. The van der Waals surface area contributed by atoms with Crippen molar-refractivity contribution in [1.29, 1.82) is 0 Å². The molecule has 1 N–H and O–H groups in total. The summed E-state index contributed by atoms with van der Waals surface area (Å²) in [5.74, 6) is -0.777. The lowest BCUT2D eigenvalue weighted by Crippen LogP contribution is -2.32. The Morgan fingerprint density at radius 2 is 2.25 bits per heavy atom. The van der Waals surface area contributed by atoms with E-state index in [0.717, 1.165) is 47.0 Å². The predicted octanol–water partition coefficient (Wildman–Crippen LogP) is 3.21. The zero-order valence-corrected chi connectivity index (χ0v) is 14.2. The number of rotatable bonds is 3. The van der Waals surface area contributed by atoms with Crippen LogP contribution in [-0.2, 0) is 6.42 Å². The maximum Gasteiger partial charge on any atom is 0.310 e. The largest absolute Gasteiger partial charge is 0.502 e. The third kappa shape index (κ3) is 2.84. The first-order valence-corrected chi connectivity index (χ1v) is 8.41. The molecule has 2 aromatic rings. The number of aromatic hydroxyl groups is 1. The average molecular weight is 347 g/mol. The number of hydrogen-bond donors (Lipinski definition) is 1. The van der Waals surface area contributed by atoms with E-state index in [0.29, 0.717) is 0 Å². The third-order valence-corrected chi connectivity index (χ3v) is 5.35. The van der Waals surface area contributed by atoms with Crippen molar-refractivity contribution in [2.45, 2.75) is 32.2 Å². The molecule has 8 heteroatoms. The van der Waals surface area contributed by atoms with E-state index in [1.165, 1.54) is 6.07 Å². The second-order valence-corrected chi connectivity index (χ2v) is 7.06. The molecule has 1 heterocycles. The van der Waals surface area contributed by atoms with Crippen LogP contribution in [0.15, 0.2) is 18.2 Å². The second kappa shape index (κ2) is 6.20.